The van der Waals surface area contributed by atoms with Gasteiger partial charge in [0.1, 0.15) is 0 Å². The summed E-state index contributed by atoms with van der Waals surface area (Å²) in [6.07, 6.45) is 4.22. The maximum Gasteiger partial charge on any atom is 0.0701 e. The third-order valence-corrected chi connectivity index (χ3v) is 3.73. The van der Waals surface area contributed by atoms with Gasteiger partial charge in [0.2, 0.25) is 0 Å². The van der Waals surface area contributed by atoms with Gasteiger partial charge < -0.3 is 5.73 Å². The first-order valence-electron chi connectivity index (χ1n) is 4.52. The van der Waals surface area contributed by atoms with Crippen molar-refractivity contribution in [2.45, 2.75) is 12.5 Å². The summed E-state index contributed by atoms with van der Waals surface area (Å²) >= 11 is 5.15. The molecule has 2 heterocycles. The van der Waals surface area contributed by atoms with E-state index in [2.05, 4.69) is 32.2 Å². The summed E-state index contributed by atoms with van der Waals surface area (Å²) in [6.45, 7) is 0. The van der Waals surface area contributed by atoms with Gasteiger partial charge in [0.15, 0.2) is 0 Å². The maximum absolute atomic E-state index is 6.06. The quantitative estimate of drug-likeness (QED) is 0.942. The fraction of sp³-hybridized carbons (Fsp3) is 0.200. The Kier molecular flexibility index (Phi) is 3.45. The van der Waals surface area contributed by atoms with Crippen molar-refractivity contribution in [3.8, 4) is 0 Å². The minimum Gasteiger partial charge on any atom is -0.324 e. The molecule has 0 saturated heterocycles. The molecule has 2 aromatic heterocycles. The first kappa shape index (κ1) is 10.7. The topological polar surface area (TPSA) is 51.8 Å². The van der Waals surface area contributed by atoms with Crippen LogP contribution < -0.4 is 5.73 Å². The SMILES string of the molecule is NC(Cc1ccc(Br)s1)c1ccnnc1. The van der Waals surface area contributed by atoms with E-state index in [1.165, 1.54) is 4.88 Å². The molecule has 1 atom stereocenters. The second-order valence-corrected chi connectivity index (χ2v) is 5.74. The molecule has 0 saturated carbocycles. The van der Waals surface area contributed by atoms with E-state index in [0.29, 0.717) is 0 Å². The van der Waals surface area contributed by atoms with Crippen LogP contribution >= 0.6 is 27.3 Å². The van der Waals surface area contributed by atoms with Crippen molar-refractivity contribution >= 4 is 27.3 Å². The van der Waals surface area contributed by atoms with E-state index in [-0.39, 0.29) is 6.04 Å². The van der Waals surface area contributed by atoms with E-state index in [1.807, 2.05) is 12.1 Å². The lowest BCUT2D eigenvalue weighted by Crippen LogP contribution is -2.12. The Morgan fingerprint density at radius 3 is 2.80 bits per heavy atom. The number of aromatic nitrogens is 2. The van der Waals surface area contributed by atoms with Crippen molar-refractivity contribution in [3.05, 3.63) is 44.8 Å². The van der Waals surface area contributed by atoms with Crippen LogP contribution in [-0.4, -0.2) is 10.2 Å². The normalized spacial score (nSPS) is 12.7. The molecule has 0 aliphatic heterocycles. The lowest BCUT2D eigenvalue weighted by Gasteiger charge is -2.09. The fourth-order valence-corrected chi connectivity index (χ4v) is 2.86. The zero-order chi connectivity index (χ0) is 10.7. The monoisotopic (exact) mass is 283 g/mol. The van der Waals surface area contributed by atoms with E-state index in [9.17, 15) is 0 Å². The van der Waals surface area contributed by atoms with Crippen LogP contribution in [0.25, 0.3) is 0 Å². The van der Waals surface area contributed by atoms with Gasteiger partial charge in [-0.1, -0.05) is 0 Å². The van der Waals surface area contributed by atoms with E-state index in [1.54, 1.807) is 23.7 Å². The van der Waals surface area contributed by atoms with Crippen LogP contribution in [0.4, 0.5) is 0 Å². The molecule has 5 heteroatoms. The summed E-state index contributed by atoms with van der Waals surface area (Å²) < 4.78 is 1.14. The molecule has 2 rings (SSSR count). The van der Waals surface area contributed by atoms with Crippen molar-refractivity contribution in [1.82, 2.24) is 10.2 Å². The number of thiophene rings is 1. The van der Waals surface area contributed by atoms with Gasteiger partial charge in [0.25, 0.3) is 0 Å². The van der Waals surface area contributed by atoms with Gasteiger partial charge in [0, 0.05) is 23.5 Å². The highest BCUT2D eigenvalue weighted by molar-refractivity contribution is 9.11. The average molecular weight is 284 g/mol. The molecule has 1 unspecified atom stereocenters. The minimum atomic E-state index is -0.00829. The molecule has 0 fully saturated rings. The second kappa shape index (κ2) is 4.83. The molecule has 0 spiro atoms. The lowest BCUT2D eigenvalue weighted by atomic mass is 10.1. The van der Waals surface area contributed by atoms with Gasteiger partial charge in [0.05, 0.1) is 9.98 Å². The number of hydrogen-bond donors (Lipinski definition) is 1. The summed E-state index contributed by atoms with van der Waals surface area (Å²) in [5.41, 5.74) is 7.08. The van der Waals surface area contributed by atoms with Crippen molar-refractivity contribution < 1.29 is 0 Å². The molecular weight excluding hydrogens is 274 g/mol. The van der Waals surface area contributed by atoms with Gasteiger partial charge in [-0.3, -0.25) is 0 Å². The summed E-state index contributed by atoms with van der Waals surface area (Å²) in [5, 5.41) is 7.55. The van der Waals surface area contributed by atoms with Crippen LogP contribution in [0.2, 0.25) is 0 Å². The van der Waals surface area contributed by atoms with Crippen LogP contribution in [0.5, 0.6) is 0 Å². The maximum atomic E-state index is 6.06. The molecule has 15 heavy (non-hydrogen) atoms. The number of halogens is 1. The highest BCUT2D eigenvalue weighted by Gasteiger charge is 2.08. The molecule has 0 amide bonds. The molecule has 0 aromatic carbocycles. The Morgan fingerprint density at radius 2 is 2.20 bits per heavy atom. The van der Waals surface area contributed by atoms with Crippen LogP contribution in [0.15, 0.2) is 34.4 Å². The van der Waals surface area contributed by atoms with Crippen molar-refractivity contribution in [3.63, 3.8) is 0 Å². The summed E-state index contributed by atoms with van der Waals surface area (Å²) in [5.74, 6) is 0. The number of nitrogens with two attached hydrogens (primary N) is 1. The average Bonchev–Trinajstić information content (AvgIpc) is 2.65. The van der Waals surface area contributed by atoms with Gasteiger partial charge in [-0.25, -0.2) is 0 Å². The summed E-state index contributed by atoms with van der Waals surface area (Å²) in [4.78, 5) is 1.27. The highest BCUT2D eigenvalue weighted by Crippen LogP contribution is 2.25. The summed E-state index contributed by atoms with van der Waals surface area (Å²) in [6, 6.07) is 6.02. The van der Waals surface area contributed by atoms with E-state index >= 15 is 0 Å². The van der Waals surface area contributed by atoms with Crippen molar-refractivity contribution in [2.24, 2.45) is 5.73 Å². The molecule has 3 nitrogen and oxygen atoms in total. The lowest BCUT2D eigenvalue weighted by molar-refractivity contribution is 0.720. The predicted molar refractivity (Wildman–Crippen MR) is 64.7 cm³/mol. The zero-order valence-corrected chi connectivity index (χ0v) is 10.3. The Hall–Kier alpha value is -0.780. The first-order chi connectivity index (χ1) is 7.25. The molecule has 78 valence electrons. The van der Waals surface area contributed by atoms with Crippen molar-refractivity contribution in [2.75, 3.05) is 0 Å². The summed E-state index contributed by atoms with van der Waals surface area (Å²) in [7, 11) is 0. The predicted octanol–water partition coefficient (Wildman–Crippen LogP) is 2.54. The van der Waals surface area contributed by atoms with E-state index in [4.69, 9.17) is 5.73 Å². The van der Waals surface area contributed by atoms with Gasteiger partial charge in [-0.05, 0) is 39.7 Å². The van der Waals surface area contributed by atoms with Crippen LogP contribution in [0, 0.1) is 0 Å². The van der Waals surface area contributed by atoms with Gasteiger partial charge in [-0.2, -0.15) is 10.2 Å². The van der Waals surface area contributed by atoms with Crippen molar-refractivity contribution in [1.29, 1.82) is 0 Å². The standard InChI is InChI=1S/C10H10BrN3S/c11-10-2-1-8(15-10)5-9(12)7-3-4-13-14-6-7/h1-4,6,9H,5,12H2. The van der Waals surface area contributed by atoms with Crippen LogP contribution in [0.3, 0.4) is 0 Å². The second-order valence-electron chi connectivity index (χ2n) is 3.19. The largest absolute Gasteiger partial charge is 0.324 e. The zero-order valence-electron chi connectivity index (χ0n) is 7.93. The van der Waals surface area contributed by atoms with Crippen LogP contribution in [0.1, 0.15) is 16.5 Å². The number of hydrogen-bond acceptors (Lipinski definition) is 4. The van der Waals surface area contributed by atoms with Gasteiger partial charge in [-0.15, -0.1) is 11.3 Å². The molecule has 0 bridgehead atoms. The van der Waals surface area contributed by atoms with Crippen LogP contribution in [-0.2, 0) is 6.42 Å². The molecular formula is C10H10BrN3S. The smallest absolute Gasteiger partial charge is 0.0701 e. The highest BCUT2D eigenvalue weighted by atomic mass is 79.9. The molecule has 2 N–H and O–H groups in total. The fourth-order valence-electron chi connectivity index (χ4n) is 1.32. The van der Waals surface area contributed by atoms with Gasteiger partial charge >= 0.3 is 0 Å². The molecule has 0 aliphatic carbocycles. The van der Waals surface area contributed by atoms with E-state index < -0.39 is 0 Å². The third-order valence-electron chi connectivity index (χ3n) is 2.09. The van der Waals surface area contributed by atoms with E-state index in [0.717, 1.165) is 15.8 Å². The number of nitrogens with zero attached hydrogens (tertiary/aromatic N) is 2. The molecule has 0 radical (unpaired) electrons. The molecule has 2 aromatic rings. The number of rotatable bonds is 3. The minimum absolute atomic E-state index is 0.00829. The molecule has 0 aliphatic rings. The Balaban J connectivity index is 2.07. The third kappa shape index (κ3) is 2.84. The Morgan fingerprint density at radius 1 is 1.33 bits per heavy atom. The Bertz CT molecular complexity index is 429. The first-order valence-corrected chi connectivity index (χ1v) is 6.13. The Labute approximate surface area is 100 Å².